The lowest BCUT2D eigenvalue weighted by molar-refractivity contribution is -0.145. The van der Waals surface area contributed by atoms with Crippen molar-refractivity contribution < 1.29 is 14.3 Å². The Hall–Kier alpha value is -2.03. The second kappa shape index (κ2) is 7.83. The van der Waals surface area contributed by atoms with Crippen LogP contribution in [0, 0.1) is 0 Å². The van der Waals surface area contributed by atoms with Gasteiger partial charge in [-0.2, -0.15) is 0 Å². The molecule has 0 aliphatic heterocycles. The van der Waals surface area contributed by atoms with Crippen LogP contribution in [0.15, 0.2) is 36.4 Å². The third kappa shape index (κ3) is 4.00. The number of hydrogen-bond donors (Lipinski definition) is 0. The van der Waals surface area contributed by atoms with Gasteiger partial charge in [-0.1, -0.05) is 44.0 Å². The number of fused-ring (bicyclic) bond motifs is 1. The summed E-state index contributed by atoms with van der Waals surface area (Å²) in [6.45, 7) is 4.54. The van der Waals surface area contributed by atoms with Crippen LogP contribution in [0.3, 0.4) is 0 Å². The number of hydrogen-bond acceptors (Lipinski definition) is 3. The minimum absolute atomic E-state index is 0.149. The molecule has 1 atom stereocenters. The molecule has 0 aromatic heterocycles. The lowest BCUT2D eigenvalue weighted by Gasteiger charge is -2.13. The normalized spacial score (nSPS) is 12.1. The van der Waals surface area contributed by atoms with Crippen LogP contribution in [0.25, 0.3) is 10.8 Å². The van der Waals surface area contributed by atoms with Gasteiger partial charge in [-0.05, 0) is 41.8 Å². The topological polar surface area (TPSA) is 35.5 Å². The first-order chi connectivity index (χ1) is 10.7. The van der Waals surface area contributed by atoms with Crippen LogP contribution in [0.1, 0.15) is 44.6 Å². The quantitative estimate of drug-likeness (QED) is 0.550. The van der Waals surface area contributed by atoms with Gasteiger partial charge in [0.2, 0.25) is 0 Å². The number of benzene rings is 2. The van der Waals surface area contributed by atoms with Crippen molar-refractivity contribution in [1.82, 2.24) is 0 Å². The van der Waals surface area contributed by atoms with Gasteiger partial charge in [0.05, 0.1) is 19.6 Å². The molecule has 0 saturated carbocycles. The van der Waals surface area contributed by atoms with E-state index in [-0.39, 0.29) is 11.9 Å². The van der Waals surface area contributed by atoms with E-state index < -0.39 is 0 Å². The summed E-state index contributed by atoms with van der Waals surface area (Å²) in [6.07, 6.45) is 3.16. The van der Waals surface area contributed by atoms with Crippen molar-refractivity contribution in [3.05, 3.63) is 42.0 Å². The van der Waals surface area contributed by atoms with Gasteiger partial charge in [0.25, 0.3) is 0 Å². The van der Waals surface area contributed by atoms with E-state index in [0.29, 0.717) is 6.61 Å². The fourth-order valence-corrected chi connectivity index (χ4v) is 2.42. The van der Waals surface area contributed by atoms with Gasteiger partial charge in [-0.15, -0.1) is 0 Å². The van der Waals surface area contributed by atoms with Crippen LogP contribution in [0.4, 0.5) is 0 Å². The highest BCUT2D eigenvalue weighted by Crippen LogP contribution is 2.25. The fourth-order valence-electron chi connectivity index (χ4n) is 2.42. The molecule has 3 nitrogen and oxygen atoms in total. The highest BCUT2D eigenvalue weighted by atomic mass is 16.5. The first-order valence-electron chi connectivity index (χ1n) is 7.90. The summed E-state index contributed by atoms with van der Waals surface area (Å²) >= 11 is 0. The Kier molecular flexibility index (Phi) is 5.82. The minimum Gasteiger partial charge on any atom is -0.497 e. The van der Waals surface area contributed by atoms with E-state index in [1.165, 1.54) is 0 Å². The maximum absolute atomic E-state index is 12.1. The SMILES string of the molecule is CCCCCOC(=O)[C@@H](C)c1ccc2cc(OC)ccc2c1. The molecule has 0 spiro atoms. The van der Waals surface area contributed by atoms with Crippen molar-refractivity contribution >= 4 is 16.7 Å². The Morgan fingerprint density at radius 2 is 1.82 bits per heavy atom. The molecule has 0 fully saturated rings. The van der Waals surface area contributed by atoms with E-state index in [1.54, 1.807) is 7.11 Å². The molecule has 0 unspecified atom stereocenters. The Bertz CT molecular complexity index is 634. The summed E-state index contributed by atoms with van der Waals surface area (Å²) in [4.78, 5) is 12.1. The van der Waals surface area contributed by atoms with Crippen molar-refractivity contribution in [2.45, 2.75) is 39.0 Å². The lowest BCUT2D eigenvalue weighted by Crippen LogP contribution is -2.14. The number of unbranched alkanes of at least 4 members (excludes halogenated alkanes) is 2. The van der Waals surface area contributed by atoms with Gasteiger partial charge in [-0.25, -0.2) is 0 Å². The highest BCUT2D eigenvalue weighted by Gasteiger charge is 2.17. The summed E-state index contributed by atoms with van der Waals surface area (Å²) in [5, 5.41) is 2.20. The largest absolute Gasteiger partial charge is 0.497 e. The van der Waals surface area contributed by atoms with Crippen molar-refractivity contribution in [1.29, 1.82) is 0 Å². The van der Waals surface area contributed by atoms with Gasteiger partial charge in [-0.3, -0.25) is 4.79 Å². The Morgan fingerprint density at radius 1 is 1.09 bits per heavy atom. The molecule has 0 amide bonds. The summed E-state index contributed by atoms with van der Waals surface area (Å²) in [5.74, 6) is 0.445. The second-order valence-electron chi connectivity index (χ2n) is 5.57. The average Bonchev–Trinajstić information content (AvgIpc) is 2.56. The predicted molar refractivity (Wildman–Crippen MR) is 89.4 cm³/mol. The molecular weight excluding hydrogens is 276 g/mol. The van der Waals surface area contributed by atoms with Crippen LogP contribution in [0.2, 0.25) is 0 Å². The molecule has 0 heterocycles. The summed E-state index contributed by atoms with van der Waals surface area (Å²) in [6, 6.07) is 12.0. The number of methoxy groups -OCH3 is 1. The molecule has 0 aliphatic rings. The molecule has 22 heavy (non-hydrogen) atoms. The zero-order chi connectivity index (χ0) is 15.9. The summed E-state index contributed by atoms with van der Waals surface area (Å²) in [7, 11) is 1.66. The van der Waals surface area contributed by atoms with Gasteiger partial charge in [0, 0.05) is 0 Å². The molecule has 2 aromatic carbocycles. The van der Waals surface area contributed by atoms with Crippen molar-refractivity contribution in [2.75, 3.05) is 13.7 Å². The first-order valence-corrected chi connectivity index (χ1v) is 7.90. The lowest BCUT2D eigenvalue weighted by atomic mass is 9.98. The molecule has 0 aliphatic carbocycles. The molecule has 2 rings (SSSR count). The van der Waals surface area contributed by atoms with Gasteiger partial charge in [0.15, 0.2) is 0 Å². The van der Waals surface area contributed by atoms with Gasteiger partial charge in [0.1, 0.15) is 5.75 Å². The van der Waals surface area contributed by atoms with Crippen molar-refractivity contribution in [3.63, 3.8) is 0 Å². The standard InChI is InChI=1S/C19H24O3/c1-4-5-6-11-22-19(20)14(2)15-7-8-17-13-18(21-3)10-9-16(17)12-15/h7-10,12-14H,4-6,11H2,1-3H3/t14-/m0/s1. The smallest absolute Gasteiger partial charge is 0.313 e. The fraction of sp³-hybridized carbons (Fsp3) is 0.421. The third-order valence-electron chi connectivity index (χ3n) is 3.92. The van der Waals surface area contributed by atoms with E-state index in [2.05, 4.69) is 6.92 Å². The van der Waals surface area contributed by atoms with E-state index in [0.717, 1.165) is 41.3 Å². The zero-order valence-electron chi connectivity index (χ0n) is 13.6. The Morgan fingerprint density at radius 3 is 2.55 bits per heavy atom. The molecule has 2 aromatic rings. The predicted octanol–water partition coefficient (Wildman–Crippen LogP) is 4.69. The van der Waals surface area contributed by atoms with Gasteiger partial charge >= 0.3 is 5.97 Å². The van der Waals surface area contributed by atoms with E-state index in [4.69, 9.17) is 9.47 Å². The molecule has 0 N–H and O–H groups in total. The van der Waals surface area contributed by atoms with Crippen LogP contribution >= 0.6 is 0 Å². The van der Waals surface area contributed by atoms with E-state index in [1.807, 2.05) is 43.3 Å². The molecule has 0 saturated heterocycles. The van der Waals surface area contributed by atoms with Crippen LogP contribution in [-0.4, -0.2) is 19.7 Å². The van der Waals surface area contributed by atoms with E-state index in [9.17, 15) is 4.79 Å². The van der Waals surface area contributed by atoms with Crippen LogP contribution < -0.4 is 4.74 Å². The van der Waals surface area contributed by atoms with Gasteiger partial charge < -0.3 is 9.47 Å². The highest BCUT2D eigenvalue weighted by molar-refractivity contribution is 5.86. The second-order valence-corrected chi connectivity index (χ2v) is 5.57. The Balaban J connectivity index is 2.07. The number of esters is 1. The minimum atomic E-state index is -0.242. The maximum atomic E-state index is 12.1. The molecule has 3 heteroatoms. The summed E-state index contributed by atoms with van der Waals surface area (Å²) in [5.41, 5.74) is 0.984. The monoisotopic (exact) mass is 300 g/mol. The number of carbonyl (C=O) groups excluding carboxylic acids is 1. The van der Waals surface area contributed by atoms with Crippen molar-refractivity contribution in [2.24, 2.45) is 0 Å². The average molecular weight is 300 g/mol. The van der Waals surface area contributed by atoms with Crippen LogP contribution in [0.5, 0.6) is 5.75 Å². The maximum Gasteiger partial charge on any atom is 0.313 e. The van der Waals surface area contributed by atoms with Crippen LogP contribution in [-0.2, 0) is 9.53 Å². The number of rotatable bonds is 7. The molecule has 118 valence electrons. The molecule has 0 bridgehead atoms. The Labute approximate surface area is 132 Å². The van der Waals surface area contributed by atoms with Crippen molar-refractivity contribution in [3.8, 4) is 5.75 Å². The van der Waals surface area contributed by atoms with E-state index >= 15 is 0 Å². The molecular formula is C19H24O3. The first kappa shape index (κ1) is 16.3. The molecule has 0 radical (unpaired) electrons. The zero-order valence-corrected chi connectivity index (χ0v) is 13.6. The summed E-state index contributed by atoms with van der Waals surface area (Å²) < 4.78 is 10.6. The third-order valence-corrected chi connectivity index (χ3v) is 3.92. The number of carbonyl (C=O) groups is 1. The number of ether oxygens (including phenoxy) is 2.